The Morgan fingerprint density at radius 1 is 1.25 bits per heavy atom. The van der Waals surface area contributed by atoms with E-state index < -0.39 is 17.5 Å². The van der Waals surface area contributed by atoms with Crippen molar-refractivity contribution in [2.45, 2.75) is 6.04 Å². The molecule has 2 aliphatic heterocycles. The van der Waals surface area contributed by atoms with E-state index in [1.807, 2.05) is 4.90 Å². The summed E-state index contributed by atoms with van der Waals surface area (Å²) in [5, 5.41) is 18.9. The van der Waals surface area contributed by atoms with E-state index in [9.17, 15) is 19.1 Å². The molecular formula is C16H19FN2O5. The average molecular weight is 338 g/mol. The smallest absolute Gasteiger partial charge is 0.317 e. The van der Waals surface area contributed by atoms with Gasteiger partial charge in [0.05, 0.1) is 31.4 Å². The second-order valence-electron chi connectivity index (χ2n) is 6.25. The summed E-state index contributed by atoms with van der Waals surface area (Å²) < 4.78 is 18.7. The summed E-state index contributed by atoms with van der Waals surface area (Å²) in [5.74, 6) is -2.33. The van der Waals surface area contributed by atoms with Crippen molar-refractivity contribution in [3.63, 3.8) is 0 Å². The normalized spacial score (nSPS) is 24.5. The van der Waals surface area contributed by atoms with Crippen LogP contribution in [-0.2, 0) is 9.53 Å². The molecule has 2 bridgehead atoms. The Labute approximate surface area is 138 Å². The van der Waals surface area contributed by atoms with Crippen LogP contribution < -0.4 is 0 Å². The number of rotatable bonds is 3. The molecule has 2 saturated heterocycles. The zero-order chi connectivity index (χ0) is 17.3. The first-order chi connectivity index (χ1) is 11.4. The summed E-state index contributed by atoms with van der Waals surface area (Å²) in [4.78, 5) is 27.2. The van der Waals surface area contributed by atoms with Crippen LogP contribution in [0.15, 0.2) is 18.2 Å². The highest BCUT2D eigenvalue weighted by Gasteiger charge is 2.36. The Balaban J connectivity index is 1.82. The van der Waals surface area contributed by atoms with E-state index in [0.29, 0.717) is 32.8 Å². The largest absolute Gasteiger partial charge is 0.507 e. The number of nitrogens with zero attached hydrogens (tertiary/aromatic N) is 2. The molecule has 2 heterocycles. The fourth-order valence-electron chi connectivity index (χ4n) is 3.32. The number of hydrogen-bond acceptors (Lipinski definition) is 5. The number of phenols is 1. The fraction of sp³-hybridized carbons (Fsp3) is 0.500. The molecule has 0 aliphatic carbocycles. The molecule has 0 unspecified atom stereocenters. The first-order valence-electron chi connectivity index (χ1n) is 7.75. The fourth-order valence-corrected chi connectivity index (χ4v) is 3.32. The van der Waals surface area contributed by atoms with Crippen LogP contribution in [0.1, 0.15) is 10.4 Å². The number of hydrogen-bond donors (Lipinski definition) is 2. The molecule has 2 atom stereocenters. The van der Waals surface area contributed by atoms with E-state index >= 15 is 0 Å². The van der Waals surface area contributed by atoms with Gasteiger partial charge in [0.15, 0.2) is 0 Å². The molecule has 130 valence electrons. The standard InChI is InChI=1S/C16H19FN2O5/c17-11-1-2-13(14(20)3-11)16(23)19-5-10-4-18(7-15(21)22)12(6-19)9-24-8-10/h1-3,10,12,20H,4-9H2,(H,21,22)/t10-,12+/m1/s1. The van der Waals surface area contributed by atoms with E-state index in [0.717, 1.165) is 12.1 Å². The van der Waals surface area contributed by atoms with Gasteiger partial charge in [-0.3, -0.25) is 14.5 Å². The second-order valence-corrected chi connectivity index (χ2v) is 6.25. The quantitative estimate of drug-likeness (QED) is 0.829. The third-order valence-corrected chi connectivity index (χ3v) is 4.40. The van der Waals surface area contributed by atoms with Gasteiger partial charge in [0.1, 0.15) is 11.6 Å². The first kappa shape index (κ1) is 16.7. The van der Waals surface area contributed by atoms with Crippen LogP contribution in [0.3, 0.4) is 0 Å². The summed E-state index contributed by atoms with van der Waals surface area (Å²) in [6, 6.07) is 3.08. The number of amides is 1. The predicted molar refractivity (Wildman–Crippen MR) is 81.3 cm³/mol. The molecule has 2 aliphatic rings. The molecule has 1 aromatic rings. The number of benzene rings is 1. The van der Waals surface area contributed by atoms with Crippen molar-refractivity contribution >= 4 is 11.9 Å². The van der Waals surface area contributed by atoms with Gasteiger partial charge < -0.3 is 19.8 Å². The van der Waals surface area contributed by atoms with Gasteiger partial charge in [-0.1, -0.05) is 0 Å². The number of aromatic hydroxyl groups is 1. The first-order valence-corrected chi connectivity index (χ1v) is 7.75. The van der Waals surface area contributed by atoms with Crippen LogP contribution in [-0.4, -0.2) is 77.3 Å². The highest BCUT2D eigenvalue weighted by Crippen LogP contribution is 2.24. The molecule has 1 amide bonds. The number of carbonyl (C=O) groups is 2. The van der Waals surface area contributed by atoms with Gasteiger partial charge >= 0.3 is 5.97 Å². The van der Waals surface area contributed by atoms with E-state index in [4.69, 9.17) is 9.84 Å². The lowest BCUT2D eigenvalue weighted by Gasteiger charge is -2.30. The molecule has 0 saturated carbocycles. The van der Waals surface area contributed by atoms with Crippen molar-refractivity contribution in [3.05, 3.63) is 29.6 Å². The molecule has 24 heavy (non-hydrogen) atoms. The molecule has 2 fully saturated rings. The van der Waals surface area contributed by atoms with Gasteiger partial charge in [-0.2, -0.15) is 0 Å². The lowest BCUT2D eigenvalue weighted by atomic mass is 10.1. The number of aliphatic carboxylic acids is 1. The Morgan fingerprint density at radius 2 is 2.04 bits per heavy atom. The van der Waals surface area contributed by atoms with Crippen molar-refractivity contribution in [2.24, 2.45) is 5.92 Å². The Hall–Kier alpha value is -2.19. The van der Waals surface area contributed by atoms with Gasteiger partial charge in [-0.15, -0.1) is 0 Å². The third-order valence-electron chi connectivity index (χ3n) is 4.40. The van der Waals surface area contributed by atoms with E-state index in [2.05, 4.69) is 0 Å². The highest BCUT2D eigenvalue weighted by molar-refractivity contribution is 5.96. The highest BCUT2D eigenvalue weighted by atomic mass is 19.1. The van der Waals surface area contributed by atoms with Gasteiger partial charge in [-0.25, -0.2) is 4.39 Å². The molecule has 8 heteroatoms. The minimum Gasteiger partial charge on any atom is -0.507 e. The average Bonchev–Trinajstić information content (AvgIpc) is 2.75. The van der Waals surface area contributed by atoms with Crippen molar-refractivity contribution < 1.29 is 28.9 Å². The van der Waals surface area contributed by atoms with E-state index in [1.165, 1.54) is 6.07 Å². The molecule has 0 spiro atoms. The number of carbonyl (C=O) groups excluding carboxylic acids is 1. The van der Waals surface area contributed by atoms with Crippen LogP contribution in [0, 0.1) is 11.7 Å². The maximum Gasteiger partial charge on any atom is 0.317 e. The maximum atomic E-state index is 13.1. The number of carboxylic acids is 1. The molecule has 0 aromatic heterocycles. The zero-order valence-electron chi connectivity index (χ0n) is 13.0. The van der Waals surface area contributed by atoms with Gasteiger partial charge in [-0.05, 0) is 12.1 Å². The van der Waals surface area contributed by atoms with Crippen LogP contribution in [0.25, 0.3) is 0 Å². The van der Waals surface area contributed by atoms with E-state index in [1.54, 1.807) is 4.90 Å². The summed E-state index contributed by atoms with van der Waals surface area (Å²) >= 11 is 0. The monoisotopic (exact) mass is 338 g/mol. The van der Waals surface area contributed by atoms with Crippen molar-refractivity contribution in [1.82, 2.24) is 9.80 Å². The Kier molecular flexibility index (Phi) is 4.68. The molecule has 0 radical (unpaired) electrons. The molecule has 3 rings (SSSR count). The lowest BCUT2D eigenvalue weighted by molar-refractivity contribution is -0.139. The van der Waals surface area contributed by atoms with Crippen LogP contribution in [0.4, 0.5) is 4.39 Å². The van der Waals surface area contributed by atoms with Gasteiger partial charge in [0.2, 0.25) is 0 Å². The topological polar surface area (TPSA) is 90.3 Å². The van der Waals surface area contributed by atoms with Crippen molar-refractivity contribution in [1.29, 1.82) is 0 Å². The van der Waals surface area contributed by atoms with Gasteiger partial charge in [0.25, 0.3) is 5.91 Å². The summed E-state index contributed by atoms with van der Waals surface area (Å²) in [7, 11) is 0. The molecule has 2 N–H and O–H groups in total. The minimum atomic E-state index is -0.920. The number of carboxylic acid groups (broad SMARTS) is 1. The summed E-state index contributed by atoms with van der Waals surface area (Å²) in [6.45, 7) is 1.95. The number of phenolic OH excluding ortho intramolecular Hbond substituents is 1. The lowest BCUT2D eigenvalue weighted by Crippen LogP contribution is -2.47. The summed E-state index contributed by atoms with van der Waals surface area (Å²) in [6.07, 6.45) is 0. The van der Waals surface area contributed by atoms with Gasteiger partial charge in [0, 0.05) is 31.6 Å². The SMILES string of the molecule is O=C(O)CN1C[C@H]2COC[C@@H]1CN(C(=O)c1ccc(F)cc1O)C2. The van der Waals surface area contributed by atoms with Crippen LogP contribution in [0.2, 0.25) is 0 Å². The number of halogens is 1. The number of ether oxygens (including phenoxy) is 1. The molecular weight excluding hydrogens is 319 g/mol. The van der Waals surface area contributed by atoms with Crippen molar-refractivity contribution in [2.75, 3.05) is 39.4 Å². The number of fused-ring (bicyclic) bond motifs is 3. The predicted octanol–water partition coefficient (Wildman–Crippen LogP) is 0.389. The summed E-state index contributed by atoms with van der Waals surface area (Å²) in [5.41, 5.74) is 0.0436. The minimum absolute atomic E-state index is 0.0107. The van der Waals surface area contributed by atoms with Crippen molar-refractivity contribution in [3.8, 4) is 5.75 Å². The molecule has 7 nitrogen and oxygen atoms in total. The Morgan fingerprint density at radius 3 is 2.75 bits per heavy atom. The van der Waals surface area contributed by atoms with E-state index in [-0.39, 0.29) is 30.0 Å². The van der Waals surface area contributed by atoms with Crippen LogP contribution >= 0.6 is 0 Å². The maximum absolute atomic E-state index is 13.1. The molecule has 1 aromatic carbocycles. The third kappa shape index (κ3) is 3.49. The zero-order valence-corrected chi connectivity index (χ0v) is 13.0. The Bertz CT molecular complexity index is 653. The van der Waals surface area contributed by atoms with Crippen LogP contribution in [0.5, 0.6) is 5.75 Å². The second kappa shape index (κ2) is 6.74.